The first-order chi connectivity index (χ1) is 26.4. The zero-order chi connectivity index (χ0) is 44.2. The van der Waals surface area contributed by atoms with Crippen LogP contribution in [0.15, 0.2) is 12.7 Å². The Morgan fingerprint density at radius 1 is 0.807 bits per heavy atom. The zero-order valence-corrected chi connectivity index (χ0v) is 36.1. The molecule has 17 nitrogen and oxygen atoms in total. The maximum Gasteiger partial charge on any atom is 0.328 e. The van der Waals surface area contributed by atoms with E-state index < -0.39 is 108 Å². The van der Waals surface area contributed by atoms with Gasteiger partial charge in [0.2, 0.25) is 35.4 Å². The molecule has 0 bridgehead atoms. The van der Waals surface area contributed by atoms with Crippen LogP contribution in [0, 0.1) is 23.7 Å². The van der Waals surface area contributed by atoms with Crippen LogP contribution in [0.1, 0.15) is 94.4 Å². The van der Waals surface area contributed by atoms with Gasteiger partial charge in [0.05, 0.1) is 18.2 Å². The maximum absolute atomic E-state index is 14.2. The number of hydrogen-bond acceptors (Lipinski definition) is 10. The molecule has 57 heavy (non-hydrogen) atoms. The number of carbonyl (C=O) groups is 7. The third kappa shape index (κ3) is 13.2. The third-order valence-electron chi connectivity index (χ3n) is 11.5. The molecule has 2 unspecified atom stereocenters. The third-order valence-corrected chi connectivity index (χ3v) is 11.5. The van der Waals surface area contributed by atoms with Gasteiger partial charge in [0, 0.05) is 27.7 Å². The number of piperidine rings is 1. The van der Waals surface area contributed by atoms with Crippen molar-refractivity contribution in [2.45, 2.75) is 149 Å². The smallest absolute Gasteiger partial charge is 0.328 e. The molecular weight excluding hydrogens is 738 g/mol. The van der Waals surface area contributed by atoms with E-state index in [1.54, 1.807) is 40.7 Å². The van der Waals surface area contributed by atoms with Crippen molar-refractivity contribution in [1.29, 1.82) is 0 Å². The molecule has 0 aromatic heterocycles. The lowest BCUT2D eigenvalue weighted by Crippen LogP contribution is -2.63. The van der Waals surface area contributed by atoms with Crippen molar-refractivity contribution in [2.24, 2.45) is 29.4 Å². The molecule has 0 saturated carbocycles. The summed E-state index contributed by atoms with van der Waals surface area (Å²) in [5.74, 6) is -6.78. The number of aliphatic hydroxyl groups is 2. The van der Waals surface area contributed by atoms with Crippen molar-refractivity contribution in [3.63, 3.8) is 0 Å². The van der Waals surface area contributed by atoms with E-state index in [2.05, 4.69) is 17.2 Å². The quantitative estimate of drug-likeness (QED) is 0.0876. The summed E-state index contributed by atoms with van der Waals surface area (Å²) in [7, 11) is 4.17. The van der Waals surface area contributed by atoms with E-state index in [1.165, 1.54) is 44.8 Å². The molecular formula is C40H71N7O10. The lowest BCUT2D eigenvalue weighted by molar-refractivity contribution is -0.153. The minimum absolute atomic E-state index is 0.0477. The van der Waals surface area contributed by atoms with Gasteiger partial charge in [-0.1, -0.05) is 61.0 Å². The van der Waals surface area contributed by atoms with Gasteiger partial charge >= 0.3 is 5.97 Å². The standard InChI is InChI=1S/C40H71N7O10/c1-14-23(7)20-27(42-35(51)31(33(49)22(5)6)46(13)36(52)25(9)45(12)39(55)29(41)24(8)15-2)38(54)44(11)26(10)37(53)47-19-17-16-18-28(47)34(50)43-30(40(56)57)32(48)21(3)4/h14,21-33,48-49H,1,15-20,41H2,2-13H3,(H,42,51)(H,43,50)(H,56,57)/t23-,24-,25-,26-,27-,28+,29?,30?,31-,32+,33+/m0/s1. The molecule has 1 rings (SSSR count). The highest BCUT2D eigenvalue weighted by Gasteiger charge is 2.43. The van der Waals surface area contributed by atoms with Gasteiger partial charge in [-0.25, -0.2) is 4.79 Å². The summed E-state index contributed by atoms with van der Waals surface area (Å²) in [4.78, 5) is 99.4. The van der Waals surface area contributed by atoms with Crippen LogP contribution in [0.5, 0.6) is 0 Å². The first kappa shape index (κ1) is 50.9. The summed E-state index contributed by atoms with van der Waals surface area (Å²) >= 11 is 0. The second-order valence-electron chi connectivity index (χ2n) is 16.4. The van der Waals surface area contributed by atoms with Crippen LogP contribution in [0.3, 0.4) is 0 Å². The number of carbonyl (C=O) groups excluding carboxylic acids is 6. The van der Waals surface area contributed by atoms with E-state index in [0.717, 1.165) is 9.80 Å². The van der Waals surface area contributed by atoms with Gasteiger partial charge in [0.1, 0.15) is 30.2 Å². The van der Waals surface area contributed by atoms with E-state index in [4.69, 9.17) is 5.73 Å². The van der Waals surface area contributed by atoms with Crippen molar-refractivity contribution in [3.8, 4) is 0 Å². The number of aliphatic carboxylic acids is 1. The molecule has 1 aliphatic heterocycles. The molecule has 0 aromatic rings. The van der Waals surface area contributed by atoms with Crippen LogP contribution in [0.25, 0.3) is 0 Å². The number of rotatable bonds is 21. The Hall–Kier alpha value is -4.09. The van der Waals surface area contributed by atoms with Gasteiger partial charge in [0.15, 0.2) is 6.04 Å². The Kier molecular flexibility index (Phi) is 20.3. The monoisotopic (exact) mass is 810 g/mol. The summed E-state index contributed by atoms with van der Waals surface area (Å²) in [5, 5.41) is 36.6. The van der Waals surface area contributed by atoms with Gasteiger partial charge in [-0.05, 0) is 63.2 Å². The lowest BCUT2D eigenvalue weighted by Gasteiger charge is -2.40. The summed E-state index contributed by atoms with van der Waals surface area (Å²) in [6, 6.07) is -8.43. The molecule has 6 amide bonds. The summed E-state index contributed by atoms with van der Waals surface area (Å²) in [5.41, 5.74) is 6.16. The van der Waals surface area contributed by atoms with Crippen molar-refractivity contribution in [2.75, 3.05) is 27.7 Å². The zero-order valence-electron chi connectivity index (χ0n) is 36.1. The highest BCUT2D eigenvalue weighted by atomic mass is 16.4. The predicted octanol–water partition coefficient (Wildman–Crippen LogP) is 0.562. The Morgan fingerprint density at radius 2 is 1.35 bits per heavy atom. The number of hydrogen-bond donors (Lipinski definition) is 6. The molecule has 0 radical (unpaired) electrons. The first-order valence-corrected chi connectivity index (χ1v) is 20.1. The largest absolute Gasteiger partial charge is 0.480 e. The molecule has 1 saturated heterocycles. The van der Waals surface area contributed by atoms with Gasteiger partial charge in [0.25, 0.3) is 0 Å². The van der Waals surface area contributed by atoms with Crippen LogP contribution in [0.4, 0.5) is 0 Å². The minimum atomic E-state index is -1.60. The van der Waals surface area contributed by atoms with E-state index in [0.29, 0.717) is 19.3 Å². The van der Waals surface area contributed by atoms with Gasteiger partial charge in [-0.15, -0.1) is 6.58 Å². The lowest BCUT2D eigenvalue weighted by atomic mass is 9.95. The van der Waals surface area contributed by atoms with E-state index >= 15 is 0 Å². The Balaban J connectivity index is 3.41. The van der Waals surface area contributed by atoms with Gasteiger partial charge in [-0.2, -0.15) is 0 Å². The normalized spacial score (nSPS) is 19.7. The number of carboxylic acids is 1. The second kappa shape index (κ2) is 22.7. The van der Waals surface area contributed by atoms with Crippen molar-refractivity contribution in [3.05, 3.63) is 12.7 Å². The van der Waals surface area contributed by atoms with Gasteiger partial charge in [-0.3, -0.25) is 28.8 Å². The van der Waals surface area contributed by atoms with Gasteiger partial charge < -0.3 is 51.3 Å². The molecule has 1 aliphatic rings. The molecule has 1 heterocycles. The van der Waals surface area contributed by atoms with Crippen LogP contribution in [-0.4, -0.2) is 159 Å². The number of carboxylic acid groups (broad SMARTS) is 1. The SMILES string of the molecule is C=C[C@H](C)C[C@H](NC(=O)[C@H]([C@H](O)C(C)C)N(C)C(=O)[C@H](C)N(C)C(=O)C(N)[C@@H](C)CC)C(=O)N(C)[C@@H](C)C(=O)N1CCCC[C@@H]1C(=O)NC(C(=O)O)[C@H](O)C(C)C. The fraction of sp³-hybridized carbons (Fsp3) is 0.775. The molecule has 0 aliphatic carbocycles. The van der Waals surface area contributed by atoms with E-state index in [-0.39, 0.29) is 31.2 Å². The highest BCUT2D eigenvalue weighted by Crippen LogP contribution is 2.22. The Labute approximate surface area is 338 Å². The Bertz CT molecular complexity index is 1430. The number of allylic oxidation sites excluding steroid dienone is 1. The number of likely N-dealkylation sites (tertiary alicyclic amines) is 1. The van der Waals surface area contributed by atoms with Crippen LogP contribution < -0.4 is 16.4 Å². The number of nitrogens with one attached hydrogen (secondary N) is 2. The number of nitrogens with two attached hydrogens (primary N) is 1. The number of amides is 6. The van der Waals surface area contributed by atoms with E-state index in [9.17, 15) is 48.9 Å². The van der Waals surface area contributed by atoms with Crippen molar-refractivity contribution >= 4 is 41.4 Å². The van der Waals surface area contributed by atoms with E-state index in [1.807, 2.05) is 13.8 Å². The predicted molar refractivity (Wildman–Crippen MR) is 215 cm³/mol. The van der Waals surface area contributed by atoms with Crippen LogP contribution in [-0.2, 0) is 33.6 Å². The highest BCUT2D eigenvalue weighted by molar-refractivity contribution is 5.97. The molecule has 17 heteroatoms. The maximum atomic E-state index is 14.2. The number of aliphatic hydroxyl groups excluding tert-OH is 2. The average molecular weight is 810 g/mol. The fourth-order valence-corrected chi connectivity index (χ4v) is 6.63. The first-order valence-electron chi connectivity index (χ1n) is 20.1. The molecule has 1 fully saturated rings. The topological polar surface area (TPSA) is 243 Å². The summed E-state index contributed by atoms with van der Waals surface area (Å²) in [6.45, 7) is 19.0. The van der Waals surface area contributed by atoms with Crippen molar-refractivity contribution < 1.29 is 48.9 Å². The fourth-order valence-electron chi connectivity index (χ4n) is 6.63. The summed E-state index contributed by atoms with van der Waals surface area (Å²) in [6.07, 6.45) is 0.905. The van der Waals surface area contributed by atoms with Crippen LogP contribution >= 0.6 is 0 Å². The second-order valence-corrected chi connectivity index (χ2v) is 16.4. The average Bonchev–Trinajstić information content (AvgIpc) is 3.18. The number of nitrogens with zero attached hydrogens (tertiary/aromatic N) is 4. The van der Waals surface area contributed by atoms with Crippen LogP contribution in [0.2, 0.25) is 0 Å². The molecule has 0 spiro atoms. The molecule has 7 N–H and O–H groups in total. The molecule has 326 valence electrons. The molecule has 11 atom stereocenters. The molecule has 0 aromatic carbocycles. The Morgan fingerprint density at radius 3 is 1.84 bits per heavy atom. The minimum Gasteiger partial charge on any atom is -0.480 e. The van der Waals surface area contributed by atoms with Crippen molar-refractivity contribution in [1.82, 2.24) is 30.2 Å². The number of likely N-dealkylation sites (N-methyl/N-ethyl adjacent to an activating group) is 3. The summed E-state index contributed by atoms with van der Waals surface area (Å²) < 4.78 is 0.